The van der Waals surface area contributed by atoms with Crippen molar-refractivity contribution in [3.8, 4) is 11.5 Å². The van der Waals surface area contributed by atoms with Gasteiger partial charge in [-0.3, -0.25) is 0 Å². The summed E-state index contributed by atoms with van der Waals surface area (Å²) in [5, 5.41) is 19.1. The Hall–Kier alpha value is -1.78. The predicted octanol–water partition coefficient (Wildman–Crippen LogP) is 1.41. The van der Waals surface area contributed by atoms with Crippen LogP contribution < -0.4 is 0 Å². The second kappa shape index (κ2) is 5.78. The number of benzene rings is 1. The molecule has 22 heavy (non-hydrogen) atoms. The van der Waals surface area contributed by atoms with Crippen LogP contribution in [0.15, 0.2) is 23.9 Å². The summed E-state index contributed by atoms with van der Waals surface area (Å²) in [7, 11) is 1.84. The van der Waals surface area contributed by atoms with E-state index in [2.05, 4.69) is 15.6 Å². The van der Waals surface area contributed by atoms with Crippen LogP contribution in [0, 0.1) is 0 Å². The Labute approximate surface area is 137 Å². The van der Waals surface area contributed by atoms with Gasteiger partial charge in [0.25, 0.3) is 0 Å². The van der Waals surface area contributed by atoms with Gasteiger partial charge in [0.05, 0.1) is 0 Å². The van der Waals surface area contributed by atoms with Gasteiger partial charge in [0, 0.05) is 0 Å². The summed E-state index contributed by atoms with van der Waals surface area (Å²) in [6, 6.07) is 4.56. The van der Waals surface area contributed by atoms with Crippen LogP contribution in [-0.2, 0) is 4.79 Å². The zero-order chi connectivity index (χ0) is 15.9. The molecular weight excluding hydrogens is 347 g/mol. The van der Waals surface area contributed by atoms with Gasteiger partial charge >= 0.3 is 137 Å². The second-order valence-electron chi connectivity index (χ2n) is 5.77. The molecule has 6 heteroatoms. The Morgan fingerprint density at radius 2 is 1.77 bits per heavy atom. The van der Waals surface area contributed by atoms with Crippen LogP contribution in [0.1, 0.15) is 31.2 Å². The van der Waals surface area contributed by atoms with Crippen molar-refractivity contribution in [3.05, 3.63) is 29.5 Å². The number of nitrogens with zero attached hydrogens (tertiary/aromatic N) is 2. The molecule has 1 saturated carbocycles. The Bertz CT molecular complexity index is 645. The van der Waals surface area contributed by atoms with E-state index in [1.165, 1.54) is 18.2 Å². The third-order valence-corrected chi connectivity index (χ3v) is 5.20. The number of carbonyl (C=O) groups is 1. The van der Waals surface area contributed by atoms with Crippen LogP contribution in [0.25, 0.3) is 6.08 Å². The van der Waals surface area contributed by atoms with Gasteiger partial charge in [0.1, 0.15) is 0 Å². The van der Waals surface area contributed by atoms with Crippen molar-refractivity contribution in [2.24, 2.45) is 0 Å². The third-order valence-electron chi connectivity index (χ3n) is 4.21. The minimum absolute atomic E-state index is 0.0279. The standard InChI is InChI=1S/C16H18N2O3Se/c1-17-14(8-10-6-12(19)9-13(20)7-10)15(21)18(16(17)22)11-4-2-3-5-11/h6-9,11,19-20H,2-5H2,1H3. The second-order valence-corrected chi connectivity index (χ2v) is 6.53. The van der Waals surface area contributed by atoms with E-state index in [1.807, 2.05) is 16.8 Å². The molecule has 1 heterocycles. The molecule has 0 aromatic heterocycles. The molecule has 0 bridgehead atoms. The minimum atomic E-state index is -0.0361. The Balaban J connectivity index is 1.94. The molecule has 116 valence electrons. The van der Waals surface area contributed by atoms with Crippen LogP contribution in [-0.4, -0.2) is 59.3 Å². The maximum absolute atomic E-state index is 12.7. The summed E-state index contributed by atoms with van der Waals surface area (Å²) in [6.45, 7) is 0. The maximum atomic E-state index is 12.7. The molecular formula is C16H18N2O3Se. The summed E-state index contributed by atoms with van der Waals surface area (Å²) in [6.07, 6.45) is 6.07. The third kappa shape index (κ3) is 2.64. The van der Waals surface area contributed by atoms with Crippen LogP contribution in [0.5, 0.6) is 11.5 Å². The molecule has 0 radical (unpaired) electrons. The first-order valence-electron chi connectivity index (χ1n) is 7.33. The first kappa shape index (κ1) is 15.1. The molecule has 0 atom stereocenters. The van der Waals surface area contributed by atoms with Gasteiger partial charge < -0.3 is 0 Å². The van der Waals surface area contributed by atoms with Gasteiger partial charge in [0.2, 0.25) is 0 Å². The number of hydrogen-bond acceptors (Lipinski definition) is 4. The molecule has 1 amide bonds. The summed E-state index contributed by atoms with van der Waals surface area (Å²) < 4.78 is 0.813. The molecule has 2 fully saturated rings. The molecule has 1 aromatic carbocycles. The molecule has 2 N–H and O–H groups in total. The van der Waals surface area contributed by atoms with E-state index >= 15 is 0 Å². The zero-order valence-corrected chi connectivity index (χ0v) is 14.0. The van der Waals surface area contributed by atoms with Crippen LogP contribution >= 0.6 is 0 Å². The van der Waals surface area contributed by atoms with Crippen molar-refractivity contribution < 1.29 is 15.0 Å². The first-order valence-corrected chi connectivity index (χ1v) is 8.19. The summed E-state index contributed by atoms with van der Waals surface area (Å²) in [5.41, 5.74) is 1.12. The van der Waals surface area contributed by atoms with E-state index in [0.29, 0.717) is 11.3 Å². The monoisotopic (exact) mass is 366 g/mol. The molecule has 3 rings (SSSR count). The average Bonchev–Trinajstić information content (AvgIpc) is 3.02. The van der Waals surface area contributed by atoms with Crippen molar-refractivity contribution in [2.75, 3.05) is 7.05 Å². The van der Waals surface area contributed by atoms with Gasteiger partial charge in [0.15, 0.2) is 0 Å². The van der Waals surface area contributed by atoms with Gasteiger partial charge in [-0.2, -0.15) is 0 Å². The SMILES string of the molecule is CN1C(=[Se])N(C2CCCC2)C(=O)C1=Cc1cc(O)cc(O)c1. The topological polar surface area (TPSA) is 64.0 Å². The van der Waals surface area contributed by atoms with E-state index < -0.39 is 0 Å². The van der Waals surface area contributed by atoms with Gasteiger partial charge in [-0.15, -0.1) is 0 Å². The molecule has 1 aromatic rings. The number of rotatable bonds is 2. The van der Waals surface area contributed by atoms with Crippen molar-refractivity contribution in [3.63, 3.8) is 0 Å². The number of likely N-dealkylation sites (N-methyl/N-ethyl adjacent to an activating group) is 1. The zero-order valence-electron chi connectivity index (χ0n) is 12.3. The normalized spacial score (nSPS) is 21.4. The van der Waals surface area contributed by atoms with Crippen molar-refractivity contribution in [2.45, 2.75) is 31.7 Å². The fourth-order valence-electron chi connectivity index (χ4n) is 3.12. The van der Waals surface area contributed by atoms with Crippen molar-refractivity contribution in [1.29, 1.82) is 0 Å². The average molecular weight is 365 g/mol. The van der Waals surface area contributed by atoms with Crippen LogP contribution in [0.3, 0.4) is 0 Å². The number of amides is 1. The Kier molecular flexibility index (Phi) is 3.98. The van der Waals surface area contributed by atoms with E-state index in [0.717, 1.165) is 30.3 Å². The number of hydrogen-bond donors (Lipinski definition) is 2. The van der Waals surface area contributed by atoms with E-state index in [4.69, 9.17) is 0 Å². The molecule has 0 unspecified atom stereocenters. The molecule has 5 nitrogen and oxygen atoms in total. The number of phenolic OH excluding ortho intramolecular Hbond substituents is 2. The quantitative estimate of drug-likeness (QED) is 0.615. The molecule has 0 spiro atoms. The fraction of sp³-hybridized carbons (Fsp3) is 0.375. The van der Waals surface area contributed by atoms with Crippen molar-refractivity contribution in [1.82, 2.24) is 9.80 Å². The summed E-state index contributed by atoms with van der Waals surface area (Å²) in [4.78, 5) is 16.4. The van der Waals surface area contributed by atoms with E-state index in [9.17, 15) is 15.0 Å². The Morgan fingerprint density at radius 3 is 2.36 bits per heavy atom. The van der Waals surface area contributed by atoms with Crippen LogP contribution in [0.2, 0.25) is 0 Å². The van der Waals surface area contributed by atoms with E-state index in [1.54, 1.807) is 6.08 Å². The molecule has 1 aliphatic carbocycles. The number of phenols is 2. The number of aromatic hydroxyl groups is 2. The number of carbonyl (C=O) groups excluding carboxylic acids is 1. The fourth-order valence-corrected chi connectivity index (χ4v) is 3.81. The van der Waals surface area contributed by atoms with Gasteiger partial charge in [-0.05, 0) is 0 Å². The molecule has 1 aliphatic heterocycles. The first-order chi connectivity index (χ1) is 10.5. The van der Waals surface area contributed by atoms with Crippen molar-refractivity contribution >= 4 is 32.2 Å². The molecule has 1 saturated heterocycles. The Morgan fingerprint density at radius 1 is 1.18 bits per heavy atom. The predicted molar refractivity (Wildman–Crippen MR) is 85.4 cm³/mol. The summed E-state index contributed by atoms with van der Waals surface area (Å²) in [5.74, 6) is -0.0919. The summed E-state index contributed by atoms with van der Waals surface area (Å²) >= 11 is 2.99. The van der Waals surface area contributed by atoms with Gasteiger partial charge in [-0.25, -0.2) is 0 Å². The van der Waals surface area contributed by atoms with Gasteiger partial charge in [-0.1, -0.05) is 0 Å². The van der Waals surface area contributed by atoms with E-state index in [-0.39, 0.29) is 23.4 Å². The van der Waals surface area contributed by atoms with Crippen LogP contribution in [0.4, 0.5) is 0 Å². The molecule has 2 aliphatic rings.